The van der Waals surface area contributed by atoms with Gasteiger partial charge < -0.3 is 10.2 Å². The van der Waals surface area contributed by atoms with E-state index in [1.165, 1.54) is 0 Å². The van der Waals surface area contributed by atoms with Crippen molar-refractivity contribution in [3.05, 3.63) is 25.0 Å². The highest BCUT2D eigenvalue weighted by atomic mass is 16.2. The molecule has 0 atom stereocenters. The van der Waals surface area contributed by atoms with Gasteiger partial charge in [0, 0.05) is 25.8 Å². The minimum atomic E-state index is -0.0946. The molecule has 1 aliphatic heterocycles. The molecule has 3 rings (SSSR count). The summed E-state index contributed by atoms with van der Waals surface area (Å²) >= 11 is 0. The summed E-state index contributed by atoms with van der Waals surface area (Å²) < 4.78 is 3.72. The van der Waals surface area contributed by atoms with E-state index in [1.807, 2.05) is 20.5 Å². The first-order valence-corrected chi connectivity index (χ1v) is 8.35. The molecule has 0 aliphatic carbocycles. The van der Waals surface area contributed by atoms with Gasteiger partial charge in [0.15, 0.2) is 0 Å². The van der Waals surface area contributed by atoms with Crippen LogP contribution in [0.2, 0.25) is 0 Å². The third-order valence-corrected chi connectivity index (χ3v) is 4.33. The molecule has 1 aliphatic rings. The summed E-state index contributed by atoms with van der Waals surface area (Å²) in [5, 5.41) is 11.4. The zero-order chi connectivity index (χ0) is 17.2. The second-order valence-corrected chi connectivity index (χ2v) is 7.32. The second-order valence-electron chi connectivity index (χ2n) is 7.32. The van der Waals surface area contributed by atoms with Crippen molar-refractivity contribution in [3.63, 3.8) is 0 Å². The van der Waals surface area contributed by atoms with Gasteiger partial charge in [-0.1, -0.05) is 0 Å². The number of likely N-dealkylation sites (tertiary alicyclic amines) is 1. The Morgan fingerprint density at radius 1 is 1.29 bits per heavy atom. The molecule has 0 spiro atoms. The normalized spacial score (nSPS) is 16.4. The molecule has 0 saturated carbocycles. The lowest BCUT2D eigenvalue weighted by Gasteiger charge is -2.31. The van der Waals surface area contributed by atoms with E-state index in [-0.39, 0.29) is 11.6 Å². The predicted octanol–water partition coefficient (Wildman–Crippen LogP) is 2.17. The molecule has 1 fully saturated rings. The van der Waals surface area contributed by atoms with Crippen molar-refractivity contribution in [1.29, 1.82) is 0 Å². The molecular formula is C16H25N7O. The van der Waals surface area contributed by atoms with Crippen LogP contribution < -0.4 is 5.32 Å². The number of aromatic nitrogens is 5. The molecule has 3 heterocycles. The molecule has 0 unspecified atom stereocenters. The molecule has 2 aromatic heterocycles. The molecule has 0 bridgehead atoms. The van der Waals surface area contributed by atoms with Gasteiger partial charge >= 0.3 is 6.03 Å². The maximum absolute atomic E-state index is 12.4. The summed E-state index contributed by atoms with van der Waals surface area (Å²) in [6.45, 7) is 8.62. The van der Waals surface area contributed by atoms with E-state index in [2.05, 4.69) is 41.3 Å². The maximum Gasteiger partial charge on any atom is 0.321 e. The number of urea groups is 1. The Bertz CT molecular complexity index is 663. The van der Waals surface area contributed by atoms with Crippen molar-refractivity contribution in [3.8, 4) is 0 Å². The van der Waals surface area contributed by atoms with Crippen molar-refractivity contribution in [2.45, 2.75) is 45.7 Å². The smallest absolute Gasteiger partial charge is 0.321 e. The van der Waals surface area contributed by atoms with Crippen LogP contribution in [0.4, 0.5) is 10.5 Å². The molecule has 1 N–H and O–H groups in total. The minimum Gasteiger partial charge on any atom is -0.325 e. The van der Waals surface area contributed by atoms with Crippen molar-refractivity contribution in [1.82, 2.24) is 29.4 Å². The van der Waals surface area contributed by atoms with E-state index >= 15 is 0 Å². The number of hydrogen-bond acceptors (Lipinski definition) is 4. The summed E-state index contributed by atoms with van der Waals surface area (Å²) in [5.74, 6) is 0.541. The van der Waals surface area contributed by atoms with E-state index in [1.54, 1.807) is 18.9 Å². The standard InChI is InChI=1S/C16H25N7O/c1-16(2,3)23-10-14(8-18-23)20-15(24)21-6-4-13(5-7-21)9-22-12-17-11-19-22/h8,10-13H,4-7,9H2,1-3H3,(H,20,24). The van der Waals surface area contributed by atoms with E-state index in [0.29, 0.717) is 5.92 Å². The molecule has 2 aromatic rings. The van der Waals surface area contributed by atoms with Gasteiger partial charge in [0.05, 0.1) is 17.4 Å². The van der Waals surface area contributed by atoms with Gasteiger partial charge in [0.1, 0.15) is 12.7 Å². The Balaban J connectivity index is 1.49. The average Bonchev–Trinajstić information content (AvgIpc) is 3.19. The fraction of sp³-hybridized carbons (Fsp3) is 0.625. The van der Waals surface area contributed by atoms with Gasteiger partial charge in [-0.15, -0.1) is 0 Å². The molecular weight excluding hydrogens is 306 g/mol. The fourth-order valence-electron chi connectivity index (χ4n) is 2.87. The Morgan fingerprint density at radius 3 is 2.62 bits per heavy atom. The van der Waals surface area contributed by atoms with Gasteiger partial charge in [-0.2, -0.15) is 10.2 Å². The lowest BCUT2D eigenvalue weighted by Crippen LogP contribution is -2.41. The lowest BCUT2D eigenvalue weighted by molar-refractivity contribution is 0.175. The van der Waals surface area contributed by atoms with Crippen molar-refractivity contribution in [2.75, 3.05) is 18.4 Å². The molecule has 8 nitrogen and oxygen atoms in total. The zero-order valence-electron chi connectivity index (χ0n) is 14.5. The van der Waals surface area contributed by atoms with Crippen LogP contribution in [0.3, 0.4) is 0 Å². The van der Waals surface area contributed by atoms with Crippen LogP contribution in [0.15, 0.2) is 25.0 Å². The Morgan fingerprint density at radius 2 is 2.04 bits per heavy atom. The summed E-state index contributed by atoms with van der Waals surface area (Å²) in [4.78, 5) is 18.2. The SMILES string of the molecule is CC(C)(C)n1cc(NC(=O)N2CCC(Cn3cncn3)CC2)cn1. The topological polar surface area (TPSA) is 80.9 Å². The van der Waals surface area contributed by atoms with Crippen LogP contribution in [0.5, 0.6) is 0 Å². The molecule has 1 saturated heterocycles. The maximum atomic E-state index is 12.4. The number of piperidine rings is 1. The van der Waals surface area contributed by atoms with Crippen molar-refractivity contribution < 1.29 is 4.79 Å². The second kappa shape index (κ2) is 6.62. The number of anilines is 1. The van der Waals surface area contributed by atoms with E-state index < -0.39 is 0 Å². The molecule has 8 heteroatoms. The largest absolute Gasteiger partial charge is 0.325 e. The predicted molar refractivity (Wildman–Crippen MR) is 90.6 cm³/mol. The van der Waals surface area contributed by atoms with Crippen LogP contribution in [0.25, 0.3) is 0 Å². The number of hydrogen-bond donors (Lipinski definition) is 1. The minimum absolute atomic E-state index is 0.0531. The highest BCUT2D eigenvalue weighted by Crippen LogP contribution is 2.20. The third kappa shape index (κ3) is 3.93. The number of carbonyl (C=O) groups is 1. The molecule has 2 amide bonds. The number of carbonyl (C=O) groups excluding carboxylic acids is 1. The molecule has 0 aromatic carbocycles. The number of nitrogens with zero attached hydrogens (tertiary/aromatic N) is 6. The highest BCUT2D eigenvalue weighted by molar-refractivity contribution is 5.89. The van der Waals surface area contributed by atoms with E-state index in [0.717, 1.165) is 38.2 Å². The monoisotopic (exact) mass is 331 g/mol. The summed E-state index contributed by atoms with van der Waals surface area (Å²) in [7, 11) is 0. The summed E-state index contributed by atoms with van der Waals surface area (Å²) in [5.41, 5.74) is 0.641. The van der Waals surface area contributed by atoms with Crippen LogP contribution in [-0.2, 0) is 12.1 Å². The van der Waals surface area contributed by atoms with Crippen LogP contribution in [-0.4, -0.2) is 48.6 Å². The Hall–Kier alpha value is -2.38. The molecule has 24 heavy (non-hydrogen) atoms. The Kier molecular flexibility index (Phi) is 4.55. The first-order chi connectivity index (χ1) is 11.4. The third-order valence-electron chi connectivity index (χ3n) is 4.33. The van der Waals surface area contributed by atoms with Crippen molar-refractivity contribution >= 4 is 11.7 Å². The van der Waals surface area contributed by atoms with Gasteiger partial charge in [0.2, 0.25) is 0 Å². The number of rotatable bonds is 3. The van der Waals surface area contributed by atoms with Gasteiger partial charge in [-0.05, 0) is 39.5 Å². The van der Waals surface area contributed by atoms with Crippen LogP contribution >= 0.6 is 0 Å². The van der Waals surface area contributed by atoms with Gasteiger partial charge in [-0.25, -0.2) is 9.78 Å². The van der Waals surface area contributed by atoms with Crippen LogP contribution in [0.1, 0.15) is 33.6 Å². The Labute approximate surface area is 141 Å². The van der Waals surface area contributed by atoms with Crippen LogP contribution in [0, 0.1) is 5.92 Å². The van der Waals surface area contributed by atoms with E-state index in [4.69, 9.17) is 0 Å². The first-order valence-electron chi connectivity index (χ1n) is 8.35. The quantitative estimate of drug-likeness (QED) is 0.934. The first kappa shape index (κ1) is 16.5. The zero-order valence-corrected chi connectivity index (χ0v) is 14.5. The average molecular weight is 331 g/mol. The summed E-state index contributed by atoms with van der Waals surface area (Å²) in [6.07, 6.45) is 8.82. The highest BCUT2D eigenvalue weighted by Gasteiger charge is 2.24. The van der Waals surface area contributed by atoms with Gasteiger partial charge in [0.25, 0.3) is 0 Å². The lowest BCUT2D eigenvalue weighted by atomic mass is 9.97. The summed E-state index contributed by atoms with van der Waals surface area (Å²) in [6, 6.07) is -0.0531. The van der Waals surface area contributed by atoms with Crippen molar-refractivity contribution in [2.24, 2.45) is 5.92 Å². The number of amides is 2. The number of nitrogens with one attached hydrogen (secondary N) is 1. The van der Waals surface area contributed by atoms with Gasteiger partial charge in [-0.3, -0.25) is 9.36 Å². The molecule has 0 radical (unpaired) electrons. The van der Waals surface area contributed by atoms with E-state index in [9.17, 15) is 4.79 Å². The fourth-order valence-corrected chi connectivity index (χ4v) is 2.87. The molecule has 130 valence electrons.